The van der Waals surface area contributed by atoms with Crippen LogP contribution < -0.4 is 5.32 Å². The van der Waals surface area contributed by atoms with Gasteiger partial charge in [0.2, 0.25) is 17.6 Å². The summed E-state index contributed by atoms with van der Waals surface area (Å²) in [5.74, 6) is 1.06. The normalized spacial score (nSPS) is 14.3. The number of amides is 1. The Bertz CT molecular complexity index is 563. The molecule has 0 aromatic carbocycles. The maximum atomic E-state index is 11.5. The molecule has 0 radical (unpaired) electrons. The number of rotatable bonds is 5. The number of hydrogen-bond acceptors (Lipinski definition) is 5. The first-order valence-corrected chi connectivity index (χ1v) is 6.33. The molecular formula is C13H14N4O2. The van der Waals surface area contributed by atoms with E-state index in [1.807, 2.05) is 12.1 Å². The molecule has 1 N–H and O–H groups in total. The smallest absolute Gasteiger partial charge is 0.227 e. The van der Waals surface area contributed by atoms with Crippen LogP contribution in [0.1, 0.15) is 25.2 Å². The third-order valence-corrected chi connectivity index (χ3v) is 2.91. The number of pyridine rings is 1. The summed E-state index contributed by atoms with van der Waals surface area (Å²) in [4.78, 5) is 19.7. The van der Waals surface area contributed by atoms with Crippen LogP contribution in [0.15, 0.2) is 29.0 Å². The highest BCUT2D eigenvalue weighted by Crippen LogP contribution is 2.19. The Kier molecular flexibility index (Phi) is 3.22. The summed E-state index contributed by atoms with van der Waals surface area (Å²) >= 11 is 0. The molecule has 0 spiro atoms. The Labute approximate surface area is 110 Å². The summed E-state index contributed by atoms with van der Waals surface area (Å²) in [5, 5.41) is 6.82. The molecule has 0 unspecified atom stereocenters. The monoisotopic (exact) mass is 258 g/mol. The van der Waals surface area contributed by atoms with Gasteiger partial charge in [0.05, 0.1) is 0 Å². The average Bonchev–Trinajstić information content (AvgIpc) is 3.12. The Morgan fingerprint density at radius 3 is 2.89 bits per heavy atom. The van der Waals surface area contributed by atoms with Gasteiger partial charge in [-0.05, 0) is 25.0 Å². The van der Waals surface area contributed by atoms with Crippen molar-refractivity contribution < 1.29 is 9.32 Å². The van der Waals surface area contributed by atoms with E-state index in [1.165, 1.54) is 0 Å². The highest BCUT2D eigenvalue weighted by molar-refractivity contribution is 5.76. The molecule has 0 atom stereocenters. The molecule has 2 aromatic heterocycles. The quantitative estimate of drug-likeness (QED) is 0.875. The van der Waals surface area contributed by atoms with Crippen LogP contribution in [-0.2, 0) is 11.2 Å². The number of nitrogens with one attached hydrogen (secondary N) is 1. The minimum atomic E-state index is 0.0474. The van der Waals surface area contributed by atoms with Crippen LogP contribution in [0.25, 0.3) is 11.4 Å². The van der Waals surface area contributed by atoms with Gasteiger partial charge in [-0.15, -0.1) is 0 Å². The van der Waals surface area contributed by atoms with E-state index in [4.69, 9.17) is 4.52 Å². The summed E-state index contributed by atoms with van der Waals surface area (Å²) in [7, 11) is 0. The van der Waals surface area contributed by atoms with Crippen molar-refractivity contribution in [1.29, 1.82) is 0 Å². The van der Waals surface area contributed by atoms with E-state index in [9.17, 15) is 4.79 Å². The molecule has 98 valence electrons. The van der Waals surface area contributed by atoms with Crippen molar-refractivity contribution in [2.24, 2.45) is 0 Å². The third kappa shape index (κ3) is 3.15. The number of carbonyl (C=O) groups is 1. The molecule has 1 aliphatic carbocycles. The van der Waals surface area contributed by atoms with Gasteiger partial charge in [0.25, 0.3) is 0 Å². The van der Waals surface area contributed by atoms with Crippen molar-refractivity contribution >= 4 is 5.91 Å². The zero-order chi connectivity index (χ0) is 13.1. The fourth-order valence-corrected chi connectivity index (χ4v) is 1.72. The van der Waals surface area contributed by atoms with Crippen LogP contribution in [0.5, 0.6) is 0 Å². The van der Waals surface area contributed by atoms with Gasteiger partial charge in [0, 0.05) is 36.8 Å². The third-order valence-electron chi connectivity index (χ3n) is 2.91. The van der Waals surface area contributed by atoms with Gasteiger partial charge in [-0.25, -0.2) is 0 Å². The molecule has 1 amide bonds. The number of aryl methyl sites for hydroxylation is 1. The van der Waals surface area contributed by atoms with Crippen molar-refractivity contribution in [2.45, 2.75) is 31.7 Å². The molecule has 0 saturated heterocycles. The van der Waals surface area contributed by atoms with Gasteiger partial charge in [-0.2, -0.15) is 4.98 Å². The highest BCUT2D eigenvalue weighted by Gasteiger charge is 2.23. The molecule has 3 rings (SSSR count). The van der Waals surface area contributed by atoms with Gasteiger partial charge in [-0.3, -0.25) is 9.78 Å². The van der Waals surface area contributed by atoms with E-state index in [1.54, 1.807) is 12.4 Å². The number of carbonyl (C=O) groups excluding carboxylic acids is 1. The molecule has 0 aliphatic heterocycles. The first kappa shape index (κ1) is 11.8. The summed E-state index contributed by atoms with van der Waals surface area (Å²) in [6.45, 7) is 0. The van der Waals surface area contributed by atoms with E-state index in [-0.39, 0.29) is 5.91 Å². The molecule has 1 aliphatic rings. The Balaban J connectivity index is 1.57. The van der Waals surface area contributed by atoms with Crippen LogP contribution in [0, 0.1) is 0 Å². The zero-order valence-corrected chi connectivity index (χ0v) is 10.4. The van der Waals surface area contributed by atoms with Crippen molar-refractivity contribution in [3.63, 3.8) is 0 Å². The first-order chi connectivity index (χ1) is 9.31. The molecule has 6 heteroatoms. The van der Waals surface area contributed by atoms with Crippen LogP contribution in [0.2, 0.25) is 0 Å². The molecule has 2 heterocycles. The largest absolute Gasteiger partial charge is 0.353 e. The lowest BCUT2D eigenvalue weighted by Crippen LogP contribution is -2.25. The molecule has 2 aromatic rings. The van der Waals surface area contributed by atoms with E-state index in [0.29, 0.717) is 30.6 Å². The Morgan fingerprint density at radius 1 is 1.37 bits per heavy atom. The Morgan fingerprint density at radius 2 is 2.16 bits per heavy atom. The van der Waals surface area contributed by atoms with E-state index in [2.05, 4.69) is 20.4 Å². The minimum Gasteiger partial charge on any atom is -0.353 e. The van der Waals surface area contributed by atoms with E-state index < -0.39 is 0 Å². The molecule has 1 fully saturated rings. The lowest BCUT2D eigenvalue weighted by atomic mass is 10.2. The molecule has 1 saturated carbocycles. The van der Waals surface area contributed by atoms with Crippen LogP contribution in [0.4, 0.5) is 0 Å². The fraction of sp³-hybridized carbons (Fsp3) is 0.385. The molecular weight excluding hydrogens is 244 g/mol. The first-order valence-electron chi connectivity index (χ1n) is 6.33. The second-order valence-corrected chi connectivity index (χ2v) is 4.59. The van der Waals surface area contributed by atoms with Gasteiger partial charge in [-0.1, -0.05) is 5.16 Å². The van der Waals surface area contributed by atoms with Gasteiger partial charge < -0.3 is 9.84 Å². The van der Waals surface area contributed by atoms with Gasteiger partial charge >= 0.3 is 0 Å². The van der Waals surface area contributed by atoms with Crippen molar-refractivity contribution in [3.05, 3.63) is 30.4 Å². The number of nitrogens with zero attached hydrogens (tertiary/aromatic N) is 3. The maximum Gasteiger partial charge on any atom is 0.227 e. The maximum absolute atomic E-state index is 11.5. The van der Waals surface area contributed by atoms with Gasteiger partial charge in [0.15, 0.2) is 0 Å². The highest BCUT2D eigenvalue weighted by atomic mass is 16.5. The molecule has 19 heavy (non-hydrogen) atoms. The second-order valence-electron chi connectivity index (χ2n) is 4.59. The van der Waals surface area contributed by atoms with Crippen LogP contribution >= 0.6 is 0 Å². The predicted molar refractivity (Wildman–Crippen MR) is 67.0 cm³/mol. The van der Waals surface area contributed by atoms with Crippen molar-refractivity contribution in [1.82, 2.24) is 20.4 Å². The predicted octanol–water partition coefficient (Wildman–Crippen LogP) is 1.34. The van der Waals surface area contributed by atoms with Crippen LogP contribution in [-0.4, -0.2) is 27.1 Å². The zero-order valence-electron chi connectivity index (χ0n) is 10.4. The number of hydrogen-bond donors (Lipinski definition) is 1. The molecule has 0 bridgehead atoms. The summed E-state index contributed by atoms with van der Waals surface area (Å²) < 4.78 is 5.13. The van der Waals surface area contributed by atoms with Crippen LogP contribution in [0.3, 0.4) is 0 Å². The van der Waals surface area contributed by atoms with Gasteiger partial charge in [0.1, 0.15) is 0 Å². The fourth-order valence-electron chi connectivity index (χ4n) is 1.72. The number of aromatic nitrogens is 3. The minimum absolute atomic E-state index is 0.0474. The summed E-state index contributed by atoms with van der Waals surface area (Å²) in [5.41, 5.74) is 0.854. The topological polar surface area (TPSA) is 80.9 Å². The van der Waals surface area contributed by atoms with Crippen molar-refractivity contribution in [3.8, 4) is 11.4 Å². The second kappa shape index (κ2) is 5.17. The van der Waals surface area contributed by atoms with Crippen molar-refractivity contribution in [2.75, 3.05) is 0 Å². The summed E-state index contributed by atoms with van der Waals surface area (Å²) in [6, 6.07) is 4.02. The van der Waals surface area contributed by atoms with E-state index >= 15 is 0 Å². The molecule has 6 nitrogen and oxygen atoms in total. The Hall–Kier alpha value is -2.24. The average molecular weight is 258 g/mol. The summed E-state index contributed by atoms with van der Waals surface area (Å²) in [6.07, 6.45) is 6.39. The standard InChI is InChI=1S/C13H14N4O2/c18-11(15-10-1-2-10)3-4-12-16-13(17-19-12)9-5-7-14-8-6-9/h5-8,10H,1-4H2,(H,15,18). The lowest BCUT2D eigenvalue weighted by molar-refractivity contribution is -0.121. The lowest BCUT2D eigenvalue weighted by Gasteiger charge is -1.99. The van der Waals surface area contributed by atoms with E-state index in [0.717, 1.165) is 18.4 Å². The SMILES string of the molecule is O=C(CCc1nc(-c2ccncc2)no1)NC1CC1.